The first-order chi connectivity index (χ1) is 9.40. The Hall–Kier alpha value is -1.72. The van der Waals surface area contributed by atoms with E-state index in [1.165, 1.54) is 18.2 Å². The van der Waals surface area contributed by atoms with Crippen molar-refractivity contribution in [3.05, 3.63) is 65.5 Å². The van der Waals surface area contributed by atoms with Crippen molar-refractivity contribution in [2.45, 2.75) is 24.8 Å². The van der Waals surface area contributed by atoms with E-state index in [2.05, 4.69) is 4.72 Å². The average Bonchev–Trinajstić information content (AvgIpc) is 2.38. The lowest BCUT2D eigenvalue weighted by Gasteiger charge is -2.15. The van der Waals surface area contributed by atoms with Crippen molar-refractivity contribution in [3.8, 4) is 0 Å². The van der Waals surface area contributed by atoms with Crippen LogP contribution in [0.5, 0.6) is 0 Å². The molecule has 20 heavy (non-hydrogen) atoms. The highest BCUT2D eigenvalue weighted by Gasteiger charge is 2.21. The van der Waals surface area contributed by atoms with Gasteiger partial charge in [0.2, 0.25) is 10.0 Å². The summed E-state index contributed by atoms with van der Waals surface area (Å²) in [6, 6.07) is 12.4. The first-order valence-corrected chi connectivity index (χ1v) is 7.72. The molecular weight excluding hydrogens is 277 g/mol. The van der Waals surface area contributed by atoms with Gasteiger partial charge in [-0.25, -0.2) is 17.5 Å². The maximum atomic E-state index is 13.6. The number of halogens is 1. The van der Waals surface area contributed by atoms with Crippen molar-refractivity contribution in [3.63, 3.8) is 0 Å². The Balaban J connectivity index is 2.27. The van der Waals surface area contributed by atoms with Crippen molar-refractivity contribution >= 4 is 10.0 Å². The molecule has 0 saturated carbocycles. The van der Waals surface area contributed by atoms with Crippen LogP contribution in [0.25, 0.3) is 0 Å². The SMILES string of the molecule is Cc1cccc([C@@H](C)NS(=O)(=O)c2ccccc2F)c1. The second-order valence-electron chi connectivity index (χ2n) is 4.69. The van der Waals surface area contributed by atoms with Gasteiger partial charge in [0.1, 0.15) is 10.7 Å². The van der Waals surface area contributed by atoms with Crippen LogP contribution in [0.4, 0.5) is 4.39 Å². The lowest BCUT2D eigenvalue weighted by Crippen LogP contribution is -2.27. The fourth-order valence-electron chi connectivity index (χ4n) is 1.97. The topological polar surface area (TPSA) is 46.2 Å². The minimum Gasteiger partial charge on any atom is -0.207 e. The number of hydrogen-bond donors (Lipinski definition) is 1. The highest BCUT2D eigenvalue weighted by molar-refractivity contribution is 7.89. The molecule has 0 unspecified atom stereocenters. The van der Waals surface area contributed by atoms with Gasteiger partial charge in [0.05, 0.1) is 0 Å². The van der Waals surface area contributed by atoms with Crippen LogP contribution in [-0.2, 0) is 10.0 Å². The minimum atomic E-state index is -3.88. The molecule has 0 amide bonds. The van der Waals surface area contributed by atoms with Crippen molar-refractivity contribution in [1.82, 2.24) is 4.72 Å². The van der Waals surface area contributed by atoms with Gasteiger partial charge in [0, 0.05) is 6.04 Å². The summed E-state index contributed by atoms with van der Waals surface area (Å²) in [4.78, 5) is -0.334. The summed E-state index contributed by atoms with van der Waals surface area (Å²) in [6.07, 6.45) is 0. The molecule has 2 rings (SSSR count). The zero-order valence-corrected chi connectivity index (χ0v) is 12.1. The Labute approximate surface area is 118 Å². The first-order valence-electron chi connectivity index (χ1n) is 6.23. The smallest absolute Gasteiger partial charge is 0.207 e. The van der Waals surface area contributed by atoms with E-state index in [1.807, 2.05) is 31.2 Å². The van der Waals surface area contributed by atoms with E-state index < -0.39 is 21.9 Å². The molecular formula is C15H16FNO2S. The van der Waals surface area contributed by atoms with E-state index in [4.69, 9.17) is 0 Å². The molecule has 0 fully saturated rings. The Bertz CT molecular complexity index is 713. The van der Waals surface area contributed by atoms with Gasteiger partial charge in [-0.3, -0.25) is 0 Å². The summed E-state index contributed by atoms with van der Waals surface area (Å²) >= 11 is 0. The van der Waals surface area contributed by atoms with Gasteiger partial charge < -0.3 is 0 Å². The first kappa shape index (κ1) is 14.7. The third-order valence-electron chi connectivity index (χ3n) is 3.00. The number of nitrogens with one attached hydrogen (secondary N) is 1. The average molecular weight is 293 g/mol. The predicted molar refractivity (Wildman–Crippen MR) is 76.3 cm³/mol. The van der Waals surface area contributed by atoms with Gasteiger partial charge in [-0.15, -0.1) is 0 Å². The fourth-order valence-corrected chi connectivity index (χ4v) is 3.28. The monoisotopic (exact) mass is 293 g/mol. The molecule has 0 aliphatic carbocycles. The minimum absolute atomic E-state index is 0.334. The molecule has 0 saturated heterocycles. The van der Waals surface area contributed by atoms with E-state index in [9.17, 15) is 12.8 Å². The van der Waals surface area contributed by atoms with Gasteiger partial charge in [0.15, 0.2) is 0 Å². The summed E-state index contributed by atoms with van der Waals surface area (Å²) in [5, 5.41) is 0. The standard InChI is InChI=1S/C15H16FNO2S/c1-11-6-5-7-13(10-11)12(2)17-20(18,19)15-9-4-3-8-14(15)16/h3-10,12,17H,1-2H3/t12-/m1/s1. The predicted octanol–water partition coefficient (Wildman–Crippen LogP) is 3.17. The fraction of sp³-hybridized carbons (Fsp3) is 0.200. The van der Waals surface area contributed by atoms with Crippen LogP contribution in [0.1, 0.15) is 24.1 Å². The highest BCUT2D eigenvalue weighted by Crippen LogP contribution is 2.19. The second-order valence-corrected chi connectivity index (χ2v) is 6.37. The normalized spacial score (nSPS) is 13.2. The third-order valence-corrected chi connectivity index (χ3v) is 4.57. The van der Waals surface area contributed by atoms with Crippen molar-refractivity contribution in [1.29, 1.82) is 0 Å². The van der Waals surface area contributed by atoms with Crippen molar-refractivity contribution in [2.75, 3.05) is 0 Å². The molecule has 0 heterocycles. The van der Waals surface area contributed by atoms with Crippen LogP contribution in [0.15, 0.2) is 53.4 Å². The van der Waals surface area contributed by atoms with Gasteiger partial charge in [0.25, 0.3) is 0 Å². The quantitative estimate of drug-likeness (QED) is 0.941. The Kier molecular flexibility index (Phi) is 4.20. The summed E-state index contributed by atoms with van der Waals surface area (Å²) in [7, 11) is -3.88. The maximum Gasteiger partial charge on any atom is 0.244 e. The summed E-state index contributed by atoms with van der Waals surface area (Å²) in [6.45, 7) is 3.66. The summed E-state index contributed by atoms with van der Waals surface area (Å²) < 4.78 is 40.4. The van der Waals surface area contributed by atoms with E-state index in [0.29, 0.717) is 0 Å². The lowest BCUT2D eigenvalue weighted by atomic mass is 10.1. The zero-order chi connectivity index (χ0) is 14.8. The molecule has 0 aliphatic heterocycles. The largest absolute Gasteiger partial charge is 0.244 e. The van der Waals surface area contributed by atoms with Crippen molar-refractivity contribution in [2.24, 2.45) is 0 Å². The lowest BCUT2D eigenvalue weighted by molar-refractivity contribution is 0.547. The summed E-state index contributed by atoms with van der Waals surface area (Å²) in [5.74, 6) is -0.753. The Morgan fingerprint density at radius 1 is 1.10 bits per heavy atom. The molecule has 1 atom stereocenters. The van der Waals surface area contributed by atoms with Crippen LogP contribution in [0, 0.1) is 12.7 Å². The number of benzene rings is 2. The molecule has 2 aromatic rings. The van der Waals surface area contributed by atoms with E-state index >= 15 is 0 Å². The molecule has 106 valence electrons. The molecule has 3 nitrogen and oxygen atoms in total. The van der Waals surface area contributed by atoms with Gasteiger partial charge in [-0.05, 0) is 31.5 Å². The van der Waals surface area contributed by atoms with Crippen LogP contribution < -0.4 is 4.72 Å². The van der Waals surface area contributed by atoms with Crippen LogP contribution >= 0.6 is 0 Å². The molecule has 0 radical (unpaired) electrons. The molecule has 0 aliphatic rings. The molecule has 0 aromatic heterocycles. The maximum absolute atomic E-state index is 13.6. The van der Waals surface area contributed by atoms with Crippen molar-refractivity contribution < 1.29 is 12.8 Å². The molecule has 0 spiro atoms. The summed E-state index contributed by atoms with van der Waals surface area (Å²) in [5.41, 5.74) is 1.88. The Morgan fingerprint density at radius 2 is 1.80 bits per heavy atom. The highest BCUT2D eigenvalue weighted by atomic mass is 32.2. The van der Waals surface area contributed by atoms with Gasteiger partial charge in [-0.1, -0.05) is 42.0 Å². The number of aryl methyl sites for hydroxylation is 1. The number of sulfonamides is 1. The third kappa shape index (κ3) is 3.23. The molecule has 5 heteroatoms. The van der Waals surface area contributed by atoms with Gasteiger partial charge in [-0.2, -0.15) is 0 Å². The van der Waals surface area contributed by atoms with E-state index in [0.717, 1.165) is 17.2 Å². The zero-order valence-electron chi connectivity index (χ0n) is 11.3. The van der Waals surface area contributed by atoms with Gasteiger partial charge >= 0.3 is 0 Å². The molecule has 0 bridgehead atoms. The van der Waals surface area contributed by atoms with E-state index in [1.54, 1.807) is 6.92 Å². The number of rotatable bonds is 4. The Morgan fingerprint density at radius 3 is 2.45 bits per heavy atom. The molecule has 1 N–H and O–H groups in total. The molecule has 2 aromatic carbocycles. The van der Waals surface area contributed by atoms with Crippen LogP contribution in [-0.4, -0.2) is 8.42 Å². The number of hydrogen-bond acceptors (Lipinski definition) is 2. The second kappa shape index (κ2) is 5.73. The van der Waals surface area contributed by atoms with Crippen LogP contribution in [0.2, 0.25) is 0 Å². The van der Waals surface area contributed by atoms with E-state index in [-0.39, 0.29) is 4.90 Å². The van der Waals surface area contributed by atoms with Crippen LogP contribution in [0.3, 0.4) is 0 Å².